The normalized spacial score (nSPS) is 11.0. The zero-order chi connectivity index (χ0) is 28.9. The molecule has 0 N–H and O–H groups in total. The maximum Gasteiger partial charge on any atom is 0.151 e. The average Bonchev–Trinajstić information content (AvgIpc) is 3.40. The Morgan fingerprint density at radius 3 is 2.19 bits per heavy atom. The molecule has 4 aromatic heterocycles. The van der Waals surface area contributed by atoms with E-state index in [0.29, 0.717) is 5.41 Å². The van der Waals surface area contributed by atoms with Gasteiger partial charge in [0.15, 0.2) is 5.58 Å². The number of aromatic nitrogens is 3. The number of furan rings is 1. The van der Waals surface area contributed by atoms with Gasteiger partial charge in [0.2, 0.25) is 0 Å². The Hall–Kier alpha value is -4.44. The molecule has 0 fully saturated rings. The van der Waals surface area contributed by atoms with E-state index in [1.54, 1.807) is 12.4 Å². The third kappa shape index (κ3) is 7.32. The standard InChI is InChI=1S/C22H22N.C16H9N2O.Ir/c1-22(2,3)16-17-9-11-18(12-10-17)20-13-14-23-21(15-20)19-7-5-4-6-8-19;1-2-6-15-12(5-1)13-8-14(18-10-16(13)19-15)11-4-3-7-17-9-11;/h4-7,9-15H,16H2,1-3H3;1-8,10H;/q2*-1;. The van der Waals surface area contributed by atoms with E-state index in [2.05, 4.69) is 90.5 Å². The van der Waals surface area contributed by atoms with Gasteiger partial charge in [-0.05, 0) is 58.2 Å². The van der Waals surface area contributed by atoms with Gasteiger partial charge in [-0.25, -0.2) is 0 Å². The van der Waals surface area contributed by atoms with Crippen LogP contribution in [0.25, 0.3) is 55.6 Å². The number of fused-ring (bicyclic) bond motifs is 3. The van der Waals surface area contributed by atoms with Crippen LogP contribution < -0.4 is 0 Å². The molecule has 7 rings (SSSR count). The van der Waals surface area contributed by atoms with Crippen molar-refractivity contribution >= 4 is 21.9 Å². The number of para-hydroxylation sites is 1. The van der Waals surface area contributed by atoms with Crippen LogP contribution in [0.5, 0.6) is 0 Å². The molecule has 4 nitrogen and oxygen atoms in total. The summed E-state index contributed by atoms with van der Waals surface area (Å²) in [6.45, 7) is 6.81. The molecule has 5 heteroatoms. The largest absolute Gasteiger partial charge is 0.455 e. The molecule has 0 aliphatic rings. The summed E-state index contributed by atoms with van der Waals surface area (Å²) in [6, 6.07) is 38.1. The van der Waals surface area contributed by atoms with Crippen molar-refractivity contribution in [2.75, 3.05) is 0 Å². The second-order valence-electron chi connectivity index (χ2n) is 11.5. The molecule has 0 bridgehead atoms. The summed E-state index contributed by atoms with van der Waals surface area (Å²) in [7, 11) is 0. The van der Waals surface area contributed by atoms with E-state index < -0.39 is 0 Å². The van der Waals surface area contributed by atoms with Gasteiger partial charge in [-0.2, -0.15) is 0 Å². The molecule has 0 atom stereocenters. The van der Waals surface area contributed by atoms with Gasteiger partial charge in [-0.15, -0.1) is 53.6 Å². The maximum atomic E-state index is 5.75. The second kappa shape index (κ2) is 13.2. The zero-order valence-corrected chi connectivity index (χ0v) is 26.7. The van der Waals surface area contributed by atoms with Crippen LogP contribution in [0.1, 0.15) is 26.3 Å². The minimum Gasteiger partial charge on any atom is -0.455 e. The van der Waals surface area contributed by atoms with Crippen LogP contribution in [0.15, 0.2) is 126 Å². The van der Waals surface area contributed by atoms with Crippen molar-refractivity contribution in [1.29, 1.82) is 0 Å². The van der Waals surface area contributed by atoms with Crippen LogP contribution in [-0.2, 0) is 26.5 Å². The zero-order valence-electron chi connectivity index (χ0n) is 24.3. The fourth-order valence-electron chi connectivity index (χ4n) is 4.99. The van der Waals surface area contributed by atoms with Gasteiger partial charge < -0.3 is 19.4 Å². The van der Waals surface area contributed by atoms with Crippen molar-refractivity contribution in [2.24, 2.45) is 5.41 Å². The molecule has 0 spiro atoms. The Bertz CT molecular complexity index is 1930. The van der Waals surface area contributed by atoms with Crippen LogP contribution in [0.2, 0.25) is 0 Å². The van der Waals surface area contributed by atoms with Crippen molar-refractivity contribution in [2.45, 2.75) is 27.2 Å². The van der Waals surface area contributed by atoms with Crippen LogP contribution in [-0.4, -0.2) is 15.0 Å². The second-order valence-corrected chi connectivity index (χ2v) is 11.5. The fraction of sp³-hybridized carbons (Fsp3) is 0.132. The molecule has 1 radical (unpaired) electrons. The molecule has 0 unspecified atom stereocenters. The summed E-state index contributed by atoms with van der Waals surface area (Å²) in [5.74, 6) is 0. The first-order valence-corrected chi connectivity index (χ1v) is 14.1. The number of benzene rings is 3. The van der Waals surface area contributed by atoms with Crippen molar-refractivity contribution < 1.29 is 24.5 Å². The van der Waals surface area contributed by atoms with Crippen LogP contribution >= 0.6 is 0 Å². The SMILES string of the molecule is CC(C)(C)Cc1ccc(-c2ccnc(-c3[c-]cccc3)c2)cc1.[Ir].[c-]1ncccc1-c1cc2c(cn1)oc1ccccc12. The van der Waals surface area contributed by atoms with Crippen molar-refractivity contribution in [3.8, 4) is 33.6 Å². The van der Waals surface area contributed by atoms with Crippen molar-refractivity contribution in [3.63, 3.8) is 0 Å². The molecular formula is C38H31IrN3O-2. The molecule has 0 aliphatic carbocycles. The van der Waals surface area contributed by atoms with E-state index in [4.69, 9.17) is 4.42 Å². The molecule has 43 heavy (non-hydrogen) atoms. The van der Waals surface area contributed by atoms with Gasteiger partial charge in [0.05, 0.1) is 6.20 Å². The molecule has 4 heterocycles. The van der Waals surface area contributed by atoms with E-state index in [9.17, 15) is 0 Å². The predicted octanol–water partition coefficient (Wildman–Crippen LogP) is 9.65. The summed E-state index contributed by atoms with van der Waals surface area (Å²) in [5.41, 5.74) is 9.51. The summed E-state index contributed by atoms with van der Waals surface area (Å²) < 4.78 is 5.75. The number of nitrogens with zero attached hydrogens (tertiary/aromatic N) is 3. The molecule has 0 saturated carbocycles. The van der Waals surface area contributed by atoms with Gasteiger partial charge in [0.1, 0.15) is 5.58 Å². The summed E-state index contributed by atoms with van der Waals surface area (Å²) in [6.07, 6.45) is 9.37. The quantitative estimate of drug-likeness (QED) is 0.169. The predicted molar refractivity (Wildman–Crippen MR) is 171 cm³/mol. The smallest absolute Gasteiger partial charge is 0.151 e. The number of pyridine rings is 3. The molecule has 0 aliphatic heterocycles. The Kier molecular flexibility index (Phi) is 9.25. The maximum absolute atomic E-state index is 5.75. The van der Waals surface area contributed by atoms with Crippen LogP contribution in [0.4, 0.5) is 0 Å². The van der Waals surface area contributed by atoms with E-state index in [0.717, 1.165) is 50.9 Å². The number of hydrogen-bond donors (Lipinski definition) is 0. The monoisotopic (exact) mass is 738 g/mol. The van der Waals surface area contributed by atoms with E-state index in [1.165, 1.54) is 16.7 Å². The minimum absolute atomic E-state index is 0. The Labute approximate surface area is 266 Å². The molecule has 7 aromatic rings. The number of rotatable bonds is 4. The fourth-order valence-corrected chi connectivity index (χ4v) is 4.99. The average molecular weight is 738 g/mol. The third-order valence-electron chi connectivity index (χ3n) is 6.92. The van der Waals surface area contributed by atoms with Gasteiger partial charge in [0, 0.05) is 37.1 Å². The summed E-state index contributed by atoms with van der Waals surface area (Å²) in [4.78, 5) is 12.9. The van der Waals surface area contributed by atoms with E-state index in [-0.39, 0.29) is 20.1 Å². The first-order valence-electron chi connectivity index (χ1n) is 14.1. The Morgan fingerprint density at radius 2 is 1.44 bits per heavy atom. The third-order valence-corrected chi connectivity index (χ3v) is 6.92. The molecule has 0 amide bonds. The molecule has 0 saturated heterocycles. The van der Waals surface area contributed by atoms with E-state index in [1.807, 2.05) is 66.9 Å². The van der Waals surface area contributed by atoms with Crippen molar-refractivity contribution in [1.82, 2.24) is 15.0 Å². The Balaban J connectivity index is 0.000000170. The first-order chi connectivity index (χ1) is 20.4. The summed E-state index contributed by atoms with van der Waals surface area (Å²) in [5, 5.41) is 2.17. The van der Waals surface area contributed by atoms with Gasteiger partial charge in [-0.3, -0.25) is 0 Å². The van der Waals surface area contributed by atoms with Crippen LogP contribution in [0.3, 0.4) is 0 Å². The van der Waals surface area contributed by atoms with Gasteiger partial charge in [-0.1, -0.05) is 81.6 Å². The Morgan fingerprint density at radius 1 is 0.674 bits per heavy atom. The van der Waals surface area contributed by atoms with Crippen LogP contribution in [0, 0.1) is 17.7 Å². The summed E-state index contributed by atoms with van der Waals surface area (Å²) >= 11 is 0. The van der Waals surface area contributed by atoms with Gasteiger partial charge in [0.25, 0.3) is 0 Å². The molecule has 3 aromatic carbocycles. The molecule has 215 valence electrons. The van der Waals surface area contributed by atoms with E-state index >= 15 is 0 Å². The van der Waals surface area contributed by atoms with Crippen molar-refractivity contribution in [3.05, 3.63) is 140 Å². The van der Waals surface area contributed by atoms with Gasteiger partial charge >= 0.3 is 0 Å². The first kappa shape index (κ1) is 30.0. The molecular weight excluding hydrogens is 707 g/mol. The minimum atomic E-state index is 0. The topological polar surface area (TPSA) is 51.8 Å². The number of hydrogen-bond acceptors (Lipinski definition) is 4.